The molecule has 0 aromatic rings. The molecule has 0 spiro atoms. The van der Waals surface area contributed by atoms with Gasteiger partial charge in [0.2, 0.25) is 0 Å². The number of carboxylic acids is 1. The zero-order valence-electron chi connectivity index (χ0n) is 16.4. The molecule has 24 heavy (non-hydrogen) atoms. The summed E-state index contributed by atoms with van der Waals surface area (Å²) in [6, 6.07) is 0. The molecule has 1 aliphatic rings. The van der Waals surface area contributed by atoms with Gasteiger partial charge in [-0.3, -0.25) is 9.59 Å². The summed E-state index contributed by atoms with van der Waals surface area (Å²) >= 11 is 0. The summed E-state index contributed by atoms with van der Waals surface area (Å²) in [5.74, 6) is -1.33. The minimum atomic E-state index is -0.954. The summed E-state index contributed by atoms with van der Waals surface area (Å²) in [5, 5.41) is 8.65. The first-order valence-electron chi connectivity index (χ1n) is 9.22. The first-order valence-corrected chi connectivity index (χ1v) is 9.22. The SMILES string of the molecule is CC(C)(C)CC1(CC(C)(C)C)CCC(OC(=O)CCC(=O)O)CC1. The number of aliphatic carboxylic acids is 1. The molecular weight excluding hydrogens is 304 g/mol. The van der Waals surface area contributed by atoms with E-state index in [1.807, 2.05) is 0 Å². The molecule has 4 nitrogen and oxygen atoms in total. The average molecular weight is 341 g/mol. The number of carbonyl (C=O) groups excluding carboxylic acids is 1. The molecule has 0 heterocycles. The minimum Gasteiger partial charge on any atom is -0.481 e. The number of carbonyl (C=O) groups is 2. The van der Waals surface area contributed by atoms with Gasteiger partial charge < -0.3 is 9.84 Å². The Morgan fingerprint density at radius 2 is 1.42 bits per heavy atom. The fourth-order valence-electron chi connectivity index (χ4n) is 4.44. The van der Waals surface area contributed by atoms with E-state index >= 15 is 0 Å². The van der Waals surface area contributed by atoms with Crippen molar-refractivity contribution in [2.45, 2.75) is 99.0 Å². The van der Waals surface area contributed by atoms with E-state index < -0.39 is 5.97 Å². The Hall–Kier alpha value is -1.06. The lowest BCUT2D eigenvalue weighted by atomic mass is 9.60. The van der Waals surface area contributed by atoms with Crippen LogP contribution in [0, 0.1) is 16.2 Å². The quantitative estimate of drug-likeness (QED) is 0.675. The second kappa shape index (κ2) is 7.88. The summed E-state index contributed by atoms with van der Waals surface area (Å²) in [6.45, 7) is 13.8. The topological polar surface area (TPSA) is 63.6 Å². The monoisotopic (exact) mass is 340 g/mol. The highest BCUT2D eigenvalue weighted by atomic mass is 16.5. The first kappa shape index (κ1) is 21.0. The summed E-state index contributed by atoms with van der Waals surface area (Å²) in [5.41, 5.74) is 0.896. The fraction of sp³-hybridized carbons (Fsp3) is 0.900. The van der Waals surface area contributed by atoms with Crippen molar-refractivity contribution in [3.8, 4) is 0 Å². The van der Waals surface area contributed by atoms with Gasteiger partial charge in [-0.25, -0.2) is 0 Å². The number of esters is 1. The maximum absolute atomic E-state index is 11.7. The lowest BCUT2D eigenvalue weighted by Crippen LogP contribution is -2.37. The average Bonchev–Trinajstić information content (AvgIpc) is 2.35. The highest BCUT2D eigenvalue weighted by Crippen LogP contribution is 2.51. The third-order valence-corrected chi connectivity index (χ3v) is 4.65. The van der Waals surface area contributed by atoms with E-state index in [1.54, 1.807) is 0 Å². The van der Waals surface area contributed by atoms with Crippen LogP contribution in [0.3, 0.4) is 0 Å². The molecular formula is C20H36O4. The second-order valence-electron chi connectivity index (χ2n) is 10.1. The van der Waals surface area contributed by atoms with Crippen LogP contribution in [0.5, 0.6) is 0 Å². The molecule has 0 atom stereocenters. The van der Waals surface area contributed by atoms with E-state index in [9.17, 15) is 9.59 Å². The standard InChI is InChI=1S/C20H36O4/c1-18(2,3)13-20(14-19(4,5)6)11-9-15(10-12-20)24-17(23)8-7-16(21)22/h15H,7-14H2,1-6H3,(H,21,22). The van der Waals surface area contributed by atoms with Crippen LogP contribution in [-0.2, 0) is 14.3 Å². The summed E-state index contributed by atoms with van der Waals surface area (Å²) < 4.78 is 5.49. The van der Waals surface area contributed by atoms with E-state index in [-0.39, 0.29) is 35.7 Å². The van der Waals surface area contributed by atoms with Gasteiger partial charge in [0.1, 0.15) is 6.10 Å². The molecule has 0 saturated heterocycles. The lowest BCUT2D eigenvalue weighted by molar-refractivity contribution is -0.155. The van der Waals surface area contributed by atoms with Crippen LogP contribution in [-0.4, -0.2) is 23.1 Å². The van der Waals surface area contributed by atoms with Crippen LogP contribution in [0.2, 0.25) is 0 Å². The van der Waals surface area contributed by atoms with Crippen molar-refractivity contribution in [2.24, 2.45) is 16.2 Å². The normalized spacial score (nSPS) is 19.1. The largest absolute Gasteiger partial charge is 0.481 e. The Labute approximate surface area is 147 Å². The molecule has 4 heteroatoms. The molecule has 0 bridgehead atoms. The van der Waals surface area contributed by atoms with Crippen LogP contribution in [0.1, 0.15) is 92.9 Å². The predicted octanol–water partition coefficient (Wildman–Crippen LogP) is 5.20. The van der Waals surface area contributed by atoms with Crippen molar-refractivity contribution in [3.05, 3.63) is 0 Å². The molecule has 0 aromatic carbocycles. The van der Waals surface area contributed by atoms with Crippen LogP contribution in [0.25, 0.3) is 0 Å². The zero-order valence-corrected chi connectivity index (χ0v) is 16.4. The summed E-state index contributed by atoms with van der Waals surface area (Å²) in [7, 11) is 0. The van der Waals surface area contributed by atoms with E-state index in [0.717, 1.165) is 25.7 Å². The Morgan fingerprint density at radius 1 is 0.958 bits per heavy atom. The maximum Gasteiger partial charge on any atom is 0.306 e. The molecule has 1 fully saturated rings. The molecule has 1 saturated carbocycles. The molecule has 1 aliphatic carbocycles. The van der Waals surface area contributed by atoms with Gasteiger partial charge in [-0.1, -0.05) is 41.5 Å². The predicted molar refractivity (Wildman–Crippen MR) is 95.8 cm³/mol. The molecule has 0 amide bonds. The molecule has 0 radical (unpaired) electrons. The van der Waals surface area contributed by atoms with Gasteiger partial charge in [0.05, 0.1) is 12.8 Å². The van der Waals surface area contributed by atoms with Crippen LogP contribution in [0.15, 0.2) is 0 Å². The van der Waals surface area contributed by atoms with Crippen molar-refractivity contribution < 1.29 is 19.4 Å². The summed E-state index contributed by atoms with van der Waals surface area (Å²) in [4.78, 5) is 22.3. The Morgan fingerprint density at radius 3 is 1.79 bits per heavy atom. The molecule has 0 unspecified atom stereocenters. The number of ether oxygens (including phenoxy) is 1. The van der Waals surface area contributed by atoms with Gasteiger partial charge in [-0.15, -0.1) is 0 Å². The zero-order chi connectivity index (χ0) is 18.6. The van der Waals surface area contributed by atoms with E-state index in [0.29, 0.717) is 5.41 Å². The fourth-order valence-corrected chi connectivity index (χ4v) is 4.44. The van der Waals surface area contributed by atoms with E-state index in [4.69, 9.17) is 9.84 Å². The third-order valence-electron chi connectivity index (χ3n) is 4.65. The van der Waals surface area contributed by atoms with Gasteiger partial charge >= 0.3 is 11.9 Å². The van der Waals surface area contributed by atoms with E-state index in [2.05, 4.69) is 41.5 Å². The Balaban J connectivity index is 2.62. The molecule has 0 aliphatic heterocycles. The van der Waals surface area contributed by atoms with Crippen LogP contribution in [0.4, 0.5) is 0 Å². The van der Waals surface area contributed by atoms with Crippen LogP contribution < -0.4 is 0 Å². The Kier molecular flexibility index (Phi) is 6.89. The van der Waals surface area contributed by atoms with Crippen molar-refractivity contribution in [2.75, 3.05) is 0 Å². The minimum absolute atomic E-state index is 0.0268. The highest BCUT2D eigenvalue weighted by molar-refractivity contribution is 5.76. The molecule has 140 valence electrons. The van der Waals surface area contributed by atoms with E-state index in [1.165, 1.54) is 12.8 Å². The highest BCUT2D eigenvalue weighted by Gasteiger charge is 2.41. The van der Waals surface area contributed by atoms with Gasteiger partial charge in [0.25, 0.3) is 0 Å². The van der Waals surface area contributed by atoms with Gasteiger partial charge in [-0.05, 0) is 54.8 Å². The van der Waals surface area contributed by atoms with Crippen LogP contribution >= 0.6 is 0 Å². The smallest absolute Gasteiger partial charge is 0.306 e. The second-order valence-corrected chi connectivity index (χ2v) is 10.1. The molecule has 1 rings (SSSR count). The first-order chi connectivity index (χ1) is 10.8. The number of rotatable bonds is 6. The maximum atomic E-state index is 11.7. The third kappa shape index (κ3) is 8.16. The van der Waals surface area contributed by atoms with Crippen molar-refractivity contribution >= 4 is 11.9 Å². The van der Waals surface area contributed by atoms with Gasteiger partial charge in [0, 0.05) is 0 Å². The lowest BCUT2D eigenvalue weighted by Gasteiger charge is -2.46. The van der Waals surface area contributed by atoms with Crippen molar-refractivity contribution in [3.63, 3.8) is 0 Å². The van der Waals surface area contributed by atoms with Crippen molar-refractivity contribution in [1.29, 1.82) is 0 Å². The summed E-state index contributed by atoms with van der Waals surface area (Å²) in [6.07, 6.45) is 6.12. The molecule has 1 N–H and O–H groups in total. The van der Waals surface area contributed by atoms with Crippen molar-refractivity contribution in [1.82, 2.24) is 0 Å². The Bertz CT molecular complexity index is 414. The van der Waals surface area contributed by atoms with Gasteiger partial charge in [0.15, 0.2) is 0 Å². The number of hydrogen-bond acceptors (Lipinski definition) is 3. The van der Waals surface area contributed by atoms with Gasteiger partial charge in [-0.2, -0.15) is 0 Å². The molecule has 0 aromatic heterocycles. The number of carboxylic acid groups (broad SMARTS) is 1. The number of hydrogen-bond donors (Lipinski definition) is 1.